The first-order chi connectivity index (χ1) is 10.8. The van der Waals surface area contributed by atoms with Crippen LogP contribution in [0.1, 0.15) is 0 Å². The number of thiocarbonyl (C=S) groups is 1. The molecule has 7 nitrogen and oxygen atoms in total. The molecule has 0 atom stereocenters. The number of carbonyl (C=O) groups is 2. The van der Waals surface area contributed by atoms with Gasteiger partial charge >= 0.3 is 6.09 Å². The van der Waals surface area contributed by atoms with Crippen LogP contribution in [0.5, 0.6) is 0 Å². The van der Waals surface area contributed by atoms with Crippen molar-refractivity contribution < 1.29 is 14.3 Å². The van der Waals surface area contributed by atoms with E-state index in [1.54, 1.807) is 22.7 Å². The molecule has 0 aliphatic carbocycles. The van der Waals surface area contributed by atoms with Gasteiger partial charge in [0.15, 0.2) is 5.11 Å². The minimum absolute atomic E-state index is 0.0804. The number of ether oxygens (including phenoxy) is 1. The van der Waals surface area contributed by atoms with Crippen LogP contribution < -0.4 is 16.0 Å². The van der Waals surface area contributed by atoms with Crippen molar-refractivity contribution in [3.8, 4) is 0 Å². The van der Waals surface area contributed by atoms with Crippen molar-refractivity contribution in [1.29, 1.82) is 0 Å². The predicted molar refractivity (Wildman–Crippen MR) is 97.2 cm³/mol. The van der Waals surface area contributed by atoms with Crippen LogP contribution in [0.2, 0.25) is 0 Å². The number of amides is 2. The predicted octanol–water partition coefficient (Wildman–Crippen LogP) is 1.96. The molecule has 1 aromatic carbocycles. The molecule has 0 fully saturated rings. The second kappa shape index (κ2) is 9.33. The van der Waals surface area contributed by atoms with Crippen LogP contribution in [0, 0.1) is 0 Å². The molecule has 0 saturated carbocycles. The number of benzene rings is 1. The molecule has 0 aromatic heterocycles. The van der Waals surface area contributed by atoms with Crippen LogP contribution in [-0.4, -0.2) is 56.0 Å². The lowest BCUT2D eigenvalue weighted by atomic mass is 10.2. The Morgan fingerprint density at radius 3 is 2.52 bits per heavy atom. The van der Waals surface area contributed by atoms with Gasteiger partial charge in [0.1, 0.15) is 0 Å². The number of hydrogen-bond acceptors (Lipinski definition) is 6. The number of carbonyl (C=O) groups excluding carboxylic acids is 2. The Balaban J connectivity index is 2.91. The molecule has 1 rings (SSSR count). The maximum Gasteiger partial charge on any atom is 0.413 e. The number of alkyl carbamates (subject to hydrolysis) is 1. The smallest absolute Gasteiger partial charge is 0.413 e. The average molecular weight is 356 g/mol. The molecule has 0 aliphatic rings. The summed E-state index contributed by atoms with van der Waals surface area (Å²) in [5.74, 6) is -0.150. The minimum Gasteiger partial charge on any atom is -0.453 e. The summed E-state index contributed by atoms with van der Waals surface area (Å²) >= 11 is 6.59. The quantitative estimate of drug-likeness (QED) is 0.549. The second-order valence-corrected chi connectivity index (χ2v) is 6.06. The van der Waals surface area contributed by atoms with Crippen molar-refractivity contribution in [2.75, 3.05) is 44.6 Å². The van der Waals surface area contributed by atoms with Crippen molar-refractivity contribution in [3.05, 3.63) is 18.2 Å². The Morgan fingerprint density at radius 1 is 1.26 bits per heavy atom. The Kier molecular flexibility index (Phi) is 7.79. The normalized spacial score (nSPS) is 10.1. The van der Waals surface area contributed by atoms with E-state index in [4.69, 9.17) is 12.2 Å². The third-order valence-electron chi connectivity index (χ3n) is 2.61. The van der Waals surface area contributed by atoms with Crippen LogP contribution in [0.3, 0.4) is 0 Å². The molecule has 0 aliphatic heterocycles. The highest BCUT2D eigenvalue weighted by Gasteiger charge is 2.11. The molecular weight excluding hydrogens is 336 g/mol. The van der Waals surface area contributed by atoms with Gasteiger partial charge in [0, 0.05) is 4.90 Å². The highest BCUT2D eigenvalue weighted by molar-refractivity contribution is 7.98. The molecular formula is C14H20N4O3S2. The monoisotopic (exact) mass is 356 g/mol. The van der Waals surface area contributed by atoms with Gasteiger partial charge < -0.3 is 20.3 Å². The lowest BCUT2D eigenvalue weighted by Gasteiger charge is -2.16. The molecule has 0 radical (unpaired) electrons. The fourth-order valence-electron chi connectivity index (χ4n) is 1.64. The van der Waals surface area contributed by atoms with E-state index in [1.807, 2.05) is 32.5 Å². The summed E-state index contributed by atoms with van der Waals surface area (Å²) in [5, 5.41) is 8.13. The highest BCUT2D eigenvalue weighted by atomic mass is 32.2. The van der Waals surface area contributed by atoms with E-state index in [-0.39, 0.29) is 17.6 Å². The zero-order valence-electron chi connectivity index (χ0n) is 13.4. The summed E-state index contributed by atoms with van der Waals surface area (Å²) in [6, 6.07) is 5.50. The summed E-state index contributed by atoms with van der Waals surface area (Å²) in [6.45, 7) is 0.258. The van der Waals surface area contributed by atoms with E-state index in [0.29, 0.717) is 11.4 Å². The van der Waals surface area contributed by atoms with Crippen LogP contribution in [-0.2, 0) is 9.53 Å². The summed E-state index contributed by atoms with van der Waals surface area (Å²) < 4.78 is 4.48. The van der Waals surface area contributed by atoms with E-state index in [9.17, 15) is 9.59 Å². The molecule has 0 spiro atoms. The van der Waals surface area contributed by atoms with E-state index in [0.717, 1.165) is 4.90 Å². The zero-order chi connectivity index (χ0) is 17.4. The van der Waals surface area contributed by atoms with Crippen LogP contribution in [0.15, 0.2) is 23.1 Å². The SMILES string of the molecule is COC(=O)NC(=S)Nc1ccc(SC)cc1NC(=O)CN(C)C. The number of anilines is 2. The first-order valence-corrected chi connectivity index (χ1v) is 8.27. The van der Waals surface area contributed by atoms with Gasteiger partial charge in [-0.05, 0) is 50.8 Å². The number of methoxy groups -OCH3 is 1. The number of nitrogens with one attached hydrogen (secondary N) is 3. The number of thioether (sulfide) groups is 1. The van der Waals surface area contributed by atoms with E-state index in [1.165, 1.54) is 7.11 Å². The largest absolute Gasteiger partial charge is 0.453 e. The van der Waals surface area contributed by atoms with Gasteiger partial charge in [0.2, 0.25) is 5.91 Å². The van der Waals surface area contributed by atoms with E-state index < -0.39 is 6.09 Å². The van der Waals surface area contributed by atoms with Crippen molar-refractivity contribution in [3.63, 3.8) is 0 Å². The van der Waals surface area contributed by atoms with Crippen molar-refractivity contribution in [2.24, 2.45) is 0 Å². The summed E-state index contributed by atoms with van der Waals surface area (Å²) in [5.41, 5.74) is 1.16. The van der Waals surface area contributed by atoms with E-state index >= 15 is 0 Å². The molecule has 9 heteroatoms. The standard InChI is InChI=1S/C14H20N4O3S2/c1-18(2)8-12(19)15-11-7-9(23-4)5-6-10(11)16-13(22)17-14(20)21-3/h5-7H,8H2,1-4H3,(H,15,19)(H2,16,17,20,22). The van der Waals surface area contributed by atoms with Gasteiger partial charge in [-0.3, -0.25) is 10.1 Å². The molecule has 0 heterocycles. The third-order valence-corrected chi connectivity index (χ3v) is 3.54. The van der Waals surface area contributed by atoms with Gasteiger partial charge in [-0.15, -0.1) is 11.8 Å². The Hall–Kier alpha value is -1.84. The number of rotatable bonds is 5. The van der Waals surface area contributed by atoms with Crippen LogP contribution >= 0.6 is 24.0 Å². The highest BCUT2D eigenvalue weighted by Crippen LogP contribution is 2.27. The minimum atomic E-state index is -0.665. The van der Waals surface area contributed by atoms with Gasteiger partial charge in [-0.2, -0.15) is 0 Å². The lowest BCUT2D eigenvalue weighted by Crippen LogP contribution is -2.34. The fourth-order valence-corrected chi connectivity index (χ4v) is 2.27. The van der Waals surface area contributed by atoms with Gasteiger partial charge in [-0.25, -0.2) is 4.79 Å². The number of nitrogens with zero attached hydrogens (tertiary/aromatic N) is 1. The topological polar surface area (TPSA) is 82.7 Å². The molecule has 23 heavy (non-hydrogen) atoms. The van der Waals surface area contributed by atoms with Crippen LogP contribution in [0.25, 0.3) is 0 Å². The molecule has 1 aromatic rings. The molecule has 0 bridgehead atoms. The average Bonchev–Trinajstić information content (AvgIpc) is 2.47. The first-order valence-electron chi connectivity index (χ1n) is 6.64. The molecule has 3 N–H and O–H groups in total. The Morgan fingerprint density at radius 2 is 1.96 bits per heavy atom. The second-order valence-electron chi connectivity index (χ2n) is 4.77. The fraction of sp³-hybridized carbons (Fsp3) is 0.357. The Labute approximate surface area is 145 Å². The lowest BCUT2D eigenvalue weighted by molar-refractivity contribution is -0.116. The molecule has 2 amide bonds. The summed E-state index contributed by atoms with van der Waals surface area (Å²) in [4.78, 5) is 25.9. The maximum absolute atomic E-state index is 12.0. The van der Waals surface area contributed by atoms with Crippen LogP contribution in [0.4, 0.5) is 16.2 Å². The van der Waals surface area contributed by atoms with Gasteiger partial charge in [0.25, 0.3) is 0 Å². The maximum atomic E-state index is 12.0. The van der Waals surface area contributed by atoms with Gasteiger partial charge in [0.05, 0.1) is 25.0 Å². The third kappa shape index (κ3) is 6.85. The Bertz CT molecular complexity index is 593. The molecule has 0 unspecified atom stereocenters. The van der Waals surface area contributed by atoms with Crippen molar-refractivity contribution >= 4 is 52.5 Å². The molecule has 0 saturated heterocycles. The number of hydrogen-bond donors (Lipinski definition) is 3. The zero-order valence-corrected chi connectivity index (χ0v) is 15.1. The number of likely N-dealkylation sites (N-methyl/N-ethyl adjacent to an activating group) is 1. The van der Waals surface area contributed by atoms with E-state index in [2.05, 4.69) is 20.7 Å². The first kappa shape index (κ1) is 19.2. The van der Waals surface area contributed by atoms with Crippen molar-refractivity contribution in [2.45, 2.75) is 4.90 Å². The molecule has 126 valence electrons. The summed E-state index contributed by atoms with van der Waals surface area (Å²) in [6.07, 6.45) is 1.28. The summed E-state index contributed by atoms with van der Waals surface area (Å²) in [7, 11) is 4.87. The van der Waals surface area contributed by atoms with Gasteiger partial charge in [-0.1, -0.05) is 0 Å². The van der Waals surface area contributed by atoms with Crippen molar-refractivity contribution in [1.82, 2.24) is 10.2 Å².